The first-order valence-electron chi connectivity index (χ1n) is 31.7. The molecule has 14 aromatic carbocycles. The van der Waals surface area contributed by atoms with Gasteiger partial charge < -0.3 is 0 Å². The van der Waals surface area contributed by atoms with Crippen molar-refractivity contribution < 1.29 is 0 Å². The van der Waals surface area contributed by atoms with Crippen molar-refractivity contribution in [3.05, 3.63) is 351 Å². The van der Waals surface area contributed by atoms with Crippen LogP contribution < -0.4 is 0 Å². The molecule has 0 N–H and O–H groups in total. The number of hydrogen-bond acceptors (Lipinski definition) is 8. The highest BCUT2D eigenvalue weighted by Crippen LogP contribution is 2.40. The summed E-state index contributed by atoms with van der Waals surface area (Å²) in [6, 6.07) is 120. The zero-order valence-electron chi connectivity index (χ0n) is 51.9. The minimum Gasteiger partial charge on any atom is -0.208 e. The highest BCUT2D eigenvalue weighted by atomic mass is 15.0. The van der Waals surface area contributed by atoms with Gasteiger partial charge in [-0.2, -0.15) is 10.5 Å². The molecule has 0 aliphatic carbocycles. The molecule has 2 aromatic heterocycles. The SMILES string of the molecule is N#Cc1ccc(-c2ccc(-c3ccc(-c4ccc(-c5nc(-c6ccccc6)nc(-c6ccccc6)n5)cc4)cc3)c3ccccc23)cc1.N#Cc1cccc(-c2ccc(-c3ccc(-c4ccc(-c5nc(-c6ccccc6)nc(-c6ccccc6)n5)cc4)cc3)c3ccccc23)c1. The third-order valence-corrected chi connectivity index (χ3v) is 17.2. The van der Waals surface area contributed by atoms with Crippen molar-refractivity contribution in [1.29, 1.82) is 10.5 Å². The summed E-state index contributed by atoms with van der Waals surface area (Å²) in [5.41, 5.74) is 20.6. The Morgan fingerprint density at radius 2 is 0.385 bits per heavy atom. The predicted molar refractivity (Wildman–Crippen MR) is 389 cm³/mol. The van der Waals surface area contributed by atoms with Crippen LogP contribution in [0.3, 0.4) is 0 Å². The van der Waals surface area contributed by atoms with Crippen LogP contribution in [0.2, 0.25) is 0 Å². The maximum absolute atomic E-state index is 9.43. The first kappa shape index (κ1) is 58.9. The van der Waals surface area contributed by atoms with E-state index < -0.39 is 0 Å². The molecular formula is C88H56N8. The van der Waals surface area contributed by atoms with Gasteiger partial charge in [-0.1, -0.05) is 315 Å². The van der Waals surface area contributed by atoms with E-state index in [0.717, 1.165) is 94.4 Å². The minimum absolute atomic E-state index is 0.638. The lowest BCUT2D eigenvalue weighted by atomic mass is 9.91. The Bertz CT molecular complexity index is 5420. The molecule has 2 heterocycles. The van der Waals surface area contributed by atoms with Crippen LogP contribution in [-0.4, -0.2) is 29.9 Å². The molecule has 0 saturated carbocycles. The van der Waals surface area contributed by atoms with Crippen LogP contribution in [-0.2, 0) is 0 Å². The topological polar surface area (TPSA) is 125 Å². The van der Waals surface area contributed by atoms with E-state index in [1.165, 1.54) is 27.3 Å². The van der Waals surface area contributed by atoms with Gasteiger partial charge in [0.15, 0.2) is 34.9 Å². The van der Waals surface area contributed by atoms with Gasteiger partial charge >= 0.3 is 0 Å². The number of nitriles is 2. The largest absolute Gasteiger partial charge is 0.208 e. The van der Waals surface area contributed by atoms with Crippen molar-refractivity contribution >= 4 is 21.5 Å². The Morgan fingerprint density at radius 3 is 0.667 bits per heavy atom. The lowest BCUT2D eigenvalue weighted by Crippen LogP contribution is -2.00. The standard InChI is InChI=1S/2C44H28N4/c45-29-30-10-9-15-37(28-30)39-27-26-38(40-16-7-8-17-41(39)40)33-22-18-31(19-23-33)32-20-24-36(25-21-32)44-47-42(34-11-3-1-4-12-34)46-43(48-44)35-13-5-2-6-14-35;45-29-30-15-17-33(18-16-30)38-27-28-39(41-14-8-7-13-40(38)41)34-23-19-31(20-24-34)32-21-25-37(26-22-32)44-47-42(35-9-3-1-4-10-35)46-43(48-44)36-11-5-2-6-12-36/h2*1-28H. The van der Waals surface area contributed by atoms with Crippen LogP contribution in [0.1, 0.15) is 11.1 Å². The normalized spacial score (nSPS) is 10.9. The lowest BCUT2D eigenvalue weighted by molar-refractivity contribution is 1.07. The average molecular weight is 1230 g/mol. The quantitative estimate of drug-likeness (QED) is 0.118. The molecule has 0 bridgehead atoms. The predicted octanol–water partition coefficient (Wildman–Crippen LogP) is 21.8. The molecule has 0 aliphatic rings. The fourth-order valence-electron chi connectivity index (χ4n) is 12.3. The molecule has 8 nitrogen and oxygen atoms in total. The maximum atomic E-state index is 9.43. The lowest BCUT2D eigenvalue weighted by Gasteiger charge is -2.13. The van der Waals surface area contributed by atoms with Gasteiger partial charge in [0.1, 0.15) is 0 Å². The molecular weight excluding hydrogens is 1170 g/mol. The van der Waals surface area contributed by atoms with E-state index in [2.05, 4.69) is 188 Å². The summed E-state index contributed by atoms with van der Waals surface area (Å²) in [4.78, 5) is 29.1. The Morgan fingerprint density at radius 1 is 0.167 bits per heavy atom. The molecule has 0 saturated heterocycles. The second-order valence-electron chi connectivity index (χ2n) is 23.2. The summed E-state index contributed by atoms with van der Waals surface area (Å²) in [5, 5.41) is 23.4. The summed E-state index contributed by atoms with van der Waals surface area (Å²) >= 11 is 0. The summed E-state index contributed by atoms with van der Waals surface area (Å²) in [7, 11) is 0. The molecule has 0 spiro atoms. The van der Waals surface area contributed by atoms with E-state index in [1.807, 2.05) is 164 Å². The molecule has 0 fully saturated rings. The van der Waals surface area contributed by atoms with Crippen molar-refractivity contribution in [3.8, 4) is 147 Å². The summed E-state index contributed by atoms with van der Waals surface area (Å²) < 4.78 is 0. The maximum Gasteiger partial charge on any atom is 0.164 e. The number of fused-ring (bicyclic) bond motifs is 2. The molecule has 0 aliphatic heterocycles. The highest BCUT2D eigenvalue weighted by molar-refractivity contribution is 6.06. The fraction of sp³-hybridized carbons (Fsp3) is 0. The Labute approximate surface area is 556 Å². The average Bonchev–Trinajstić information content (AvgIpc) is 0.843. The molecule has 16 rings (SSSR count). The number of hydrogen-bond donors (Lipinski definition) is 0. The van der Waals surface area contributed by atoms with E-state index in [0.29, 0.717) is 46.1 Å². The Balaban J connectivity index is 0.000000158. The van der Waals surface area contributed by atoms with Crippen molar-refractivity contribution in [1.82, 2.24) is 29.9 Å². The van der Waals surface area contributed by atoms with Crippen LogP contribution in [0.5, 0.6) is 0 Å². The first-order valence-corrected chi connectivity index (χ1v) is 31.7. The molecule has 96 heavy (non-hydrogen) atoms. The third kappa shape index (κ3) is 12.4. The van der Waals surface area contributed by atoms with Gasteiger partial charge in [-0.15, -0.1) is 0 Å². The van der Waals surface area contributed by atoms with Crippen LogP contribution in [0, 0.1) is 22.7 Å². The van der Waals surface area contributed by atoms with Crippen LogP contribution in [0.15, 0.2) is 340 Å². The summed E-state index contributed by atoms with van der Waals surface area (Å²) in [6.07, 6.45) is 0. The smallest absolute Gasteiger partial charge is 0.164 e. The number of benzene rings is 14. The van der Waals surface area contributed by atoms with E-state index >= 15 is 0 Å². The van der Waals surface area contributed by atoms with Gasteiger partial charge in [0, 0.05) is 33.4 Å². The molecule has 0 amide bonds. The third-order valence-electron chi connectivity index (χ3n) is 17.2. The second kappa shape index (κ2) is 26.8. The zero-order valence-corrected chi connectivity index (χ0v) is 51.9. The van der Waals surface area contributed by atoms with E-state index in [-0.39, 0.29) is 0 Å². The highest BCUT2D eigenvalue weighted by Gasteiger charge is 2.17. The molecule has 448 valence electrons. The zero-order chi connectivity index (χ0) is 64.6. The van der Waals surface area contributed by atoms with Gasteiger partial charge in [0.05, 0.1) is 23.3 Å². The first-order chi connectivity index (χ1) is 47.5. The minimum atomic E-state index is 0.638. The monoisotopic (exact) mass is 1220 g/mol. The van der Waals surface area contributed by atoms with Gasteiger partial charge in [-0.05, 0) is 113 Å². The molecule has 0 atom stereocenters. The van der Waals surface area contributed by atoms with E-state index in [4.69, 9.17) is 29.9 Å². The van der Waals surface area contributed by atoms with Gasteiger partial charge in [-0.3, -0.25) is 0 Å². The number of nitrogens with zero attached hydrogens (tertiary/aromatic N) is 8. The second-order valence-corrected chi connectivity index (χ2v) is 23.2. The van der Waals surface area contributed by atoms with Gasteiger partial charge in [0.2, 0.25) is 0 Å². The van der Waals surface area contributed by atoms with Crippen LogP contribution >= 0.6 is 0 Å². The summed E-state index contributed by atoms with van der Waals surface area (Å²) in [5.74, 6) is 3.87. The molecule has 0 radical (unpaired) electrons. The fourth-order valence-corrected chi connectivity index (χ4v) is 12.3. The van der Waals surface area contributed by atoms with Crippen molar-refractivity contribution in [2.75, 3.05) is 0 Å². The number of aromatic nitrogens is 6. The van der Waals surface area contributed by atoms with Gasteiger partial charge in [-0.25, -0.2) is 29.9 Å². The number of rotatable bonds is 12. The van der Waals surface area contributed by atoms with E-state index in [1.54, 1.807) is 0 Å². The van der Waals surface area contributed by atoms with E-state index in [9.17, 15) is 10.5 Å². The summed E-state index contributed by atoms with van der Waals surface area (Å²) in [6.45, 7) is 0. The van der Waals surface area contributed by atoms with Crippen molar-refractivity contribution in [2.24, 2.45) is 0 Å². The molecule has 16 aromatic rings. The Hall–Kier alpha value is -13.4. The van der Waals surface area contributed by atoms with Crippen LogP contribution in [0.4, 0.5) is 0 Å². The van der Waals surface area contributed by atoms with Crippen molar-refractivity contribution in [2.45, 2.75) is 0 Å². The van der Waals surface area contributed by atoms with Crippen molar-refractivity contribution in [3.63, 3.8) is 0 Å². The van der Waals surface area contributed by atoms with Gasteiger partial charge in [0.25, 0.3) is 0 Å². The molecule has 8 heteroatoms. The Kier molecular flexibility index (Phi) is 16.5. The molecule has 0 unspecified atom stereocenters. The van der Waals surface area contributed by atoms with Crippen LogP contribution in [0.25, 0.3) is 157 Å².